The number of aryl methyl sites for hydroxylation is 2. The lowest BCUT2D eigenvalue weighted by atomic mass is 10.1. The summed E-state index contributed by atoms with van der Waals surface area (Å²) in [6, 6.07) is 23.4. The van der Waals surface area contributed by atoms with Gasteiger partial charge in [0.25, 0.3) is 5.91 Å². The van der Waals surface area contributed by atoms with Crippen LogP contribution < -0.4 is 5.32 Å². The van der Waals surface area contributed by atoms with Crippen LogP contribution in [0.25, 0.3) is 11.0 Å². The van der Waals surface area contributed by atoms with E-state index >= 15 is 0 Å². The van der Waals surface area contributed by atoms with Crippen LogP contribution in [0.3, 0.4) is 0 Å². The molecule has 0 bridgehead atoms. The molecule has 9 heteroatoms. The van der Waals surface area contributed by atoms with Crippen LogP contribution in [-0.2, 0) is 24.1 Å². The van der Waals surface area contributed by atoms with Gasteiger partial charge in [-0.1, -0.05) is 72.0 Å². The molecule has 5 rings (SSSR count). The number of carbonyl (C=O) groups excluding carboxylic acids is 1. The van der Waals surface area contributed by atoms with Gasteiger partial charge in [-0.15, -0.1) is 15.3 Å². The van der Waals surface area contributed by atoms with Crippen molar-refractivity contribution in [3.63, 3.8) is 0 Å². The molecule has 36 heavy (non-hydrogen) atoms. The van der Waals surface area contributed by atoms with E-state index in [0.717, 1.165) is 59.5 Å². The lowest BCUT2D eigenvalue weighted by Gasteiger charge is -2.09. The van der Waals surface area contributed by atoms with E-state index in [4.69, 9.17) is 0 Å². The Morgan fingerprint density at radius 3 is 2.47 bits per heavy atom. The minimum Gasteiger partial charge on any atom is -0.378 e. The minimum absolute atomic E-state index is 0.389. The molecule has 0 fully saturated rings. The molecule has 3 aromatic heterocycles. The number of amides is 1. The number of carbonyl (C=O) groups is 1. The normalized spacial score (nSPS) is 12.0. The fourth-order valence-corrected chi connectivity index (χ4v) is 4.80. The average molecular weight is 499 g/mol. The van der Waals surface area contributed by atoms with Gasteiger partial charge in [-0.3, -0.25) is 10.1 Å². The number of nitrogens with one attached hydrogen (secondary N) is 2. The third-order valence-electron chi connectivity index (χ3n) is 5.85. The second-order valence-corrected chi connectivity index (χ2v) is 9.67. The molecule has 0 aliphatic carbocycles. The topological polar surface area (TPSA) is 117 Å². The monoisotopic (exact) mass is 498 g/mol. The molecule has 3 heterocycles. The largest absolute Gasteiger partial charge is 0.378 e. The Bertz CT molecular complexity index is 1430. The quantitative estimate of drug-likeness (QED) is 0.242. The molecule has 2 aromatic carbocycles. The lowest BCUT2D eigenvalue weighted by Crippen LogP contribution is -2.20. The first kappa shape index (κ1) is 23.8. The summed E-state index contributed by atoms with van der Waals surface area (Å²) in [6.07, 6.45) is 3.04. The highest BCUT2D eigenvalue weighted by Crippen LogP contribution is 2.21. The smallest absolute Gasteiger partial charge is 0.259 e. The number of nitrogens with zero attached hydrogens (tertiary/aromatic N) is 4. The molecule has 0 radical (unpaired) electrons. The van der Waals surface area contributed by atoms with E-state index in [1.54, 1.807) is 24.3 Å². The molecule has 3 N–H and O–H groups in total. The van der Waals surface area contributed by atoms with Crippen molar-refractivity contribution in [2.75, 3.05) is 5.32 Å². The third kappa shape index (κ3) is 5.99. The summed E-state index contributed by atoms with van der Waals surface area (Å²) in [6.45, 7) is 0. The van der Waals surface area contributed by atoms with Crippen LogP contribution in [0.4, 0.5) is 5.13 Å². The first-order chi connectivity index (χ1) is 17.6. The van der Waals surface area contributed by atoms with Crippen molar-refractivity contribution >= 4 is 33.4 Å². The molecular weight excluding hydrogens is 472 g/mol. The van der Waals surface area contributed by atoms with E-state index in [1.807, 2.05) is 24.3 Å². The maximum atomic E-state index is 12.3. The highest BCUT2D eigenvalue weighted by atomic mass is 32.1. The van der Waals surface area contributed by atoms with Gasteiger partial charge in [-0.25, -0.2) is 0 Å². The van der Waals surface area contributed by atoms with E-state index in [0.29, 0.717) is 10.7 Å². The predicted octanol–water partition coefficient (Wildman–Crippen LogP) is 4.64. The number of aliphatic hydroxyl groups is 1. The van der Waals surface area contributed by atoms with E-state index in [2.05, 4.69) is 55.0 Å². The third-order valence-corrected chi connectivity index (χ3v) is 6.75. The van der Waals surface area contributed by atoms with Gasteiger partial charge in [0.1, 0.15) is 5.01 Å². The van der Waals surface area contributed by atoms with Crippen molar-refractivity contribution in [1.29, 1.82) is 0 Å². The van der Waals surface area contributed by atoms with E-state index in [-0.39, 0.29) is 0 Å². The Labute approximate surface area is 212 Å². The van der Waals surface area contributed by atoms with E-state index < -0.39 is 12.0 Å². The van der Waals surface area contributed by atoms with Crippen LogP contribution in [-0.4, -0.2) is 36.4 Å². The molecule has 0 saturated carbocycles. The fourth-order valence-electron chi connectivity index (χ4n) is 4.01. The number of aliphatic hydroxyl groups excluding tert-OH is 1. The summed E-state index contributed by atoms with van der Waals surface area (Å²) in [5.74, 6) is -0.519. The van der Waals surface area contributed by atoms with Gasteiger partial charge in [-0.05, 0) is 42.5 Å². The Morgan fingerprint density at radius 2 is 1.67 bits per heavy atom. The zero-order valence-corrected chi connectivity index (χ0v) is 20.4. The Balaban J connectivity index is 1.09. The number of anilines is 1. The van der Waals surface area contributed by atoms with Crippen LogP contribution in [0.15, 0.2) is 72.8 Å². The van der Waals surface area contributed by atoms with Crippen LogP contribution in [0, 0.1) is 0 Å². The van der Waals surface area contributed by atoms with Crippen molar-refractivity contribution in [1.82, 2.24) is 25.4 Å². The summed E-state index contributed by atoms with van der Waals surface area (Å²) < 4.78 is 0. The van der Waals surface area contributed by atoms with Crippen LogP contribution in [0.5, 0.6) is 0 Å². The number of unbranched alkanes of at least 4 members (excludes halogenated alkanes) is 1. The standard InChI is InChI=1S/C27H26N6O2S/c34-24(19-11-5-2-6-12-19)26(35)29-27-33-31-23(36-27)14-8-7-13-21-16-20-17-22(28-25(20)32-30-21)15-18-9-3-1-4-10-18/h1-6,9-12,16-17,24,34H,7-8,13-15H2,(H,28,32)(H,29,33,35)/t24-/m0/s1. The predicted molar refractivity (Wildman–Crippen MR) is 140 cm³/mol. The maximum absolute atomic E-state index is 12.3. The molecule has 5 aromatic rings. The van der Waals surface area contributed by atoms with Gasteiger partial charge in [0, 0.05) is 23.9 Å². The summed E-state index contributed by atoms with van der Waals surface area (Å²) in [5.41, 5.74) is 4.69. The first-order valence-electron chi connectivity index (χ1n) is 11.9. The molecule has 1 amide bonds. The van der Waals surface area contributed by atoms with Crippen molar-refractivity contribution in [2.45, 2.75) is 38.2 Å². The summed E-state index contributed by atoms with van der Waals surface area (Å²) in [4.78, 5) is 15.6. The van der Waals surface area contributed by atoms with Gasteiger partial charge in [-0.2, -0.15) is 5.10 Å². The molecule has 0 unspecified atom stereocenters. The van der Waals surface area contributed by atoms with Gasteiger partial charge >= 0.3 is 0 Å². The zero-order valence-electron chi connectivity index (χ0n) is 19.6. The Kier molecular flexibility index (Phi) is 7.39. The molecule has 8 nitrogen and oxygen atoms in total. The number of rotatable bonds is 10. The first-order valence-corrected chi connectivity index (χ1v) is 12.7. The molecule has 0 aliphatic heterocycles. The Morgan fingerprint density at radius 1 is 0.917 bits per heavy atom. The van der Waals surface area contributed by atoms with E-state index in [9.17, 15) is 9.90 Å². The van der Waals surface area contributed by atoms with Crippen molar-refractivity contribution < 1.29 is 9.90 Å². The SMILES string of the molecule is O=C(Nc1nnc(CCCCc2cc3cc(Cc4ccccc4)[nH]c3nn2)s1)[C@@H](O)c1ccccc1. The molecular formula is C27H26N6O2S. The Hall–Kier alpha value is -3.95. The number of aromatic nitrogens is 5. The van der Waals surface area contributed by atoms with Crippen LogP contribution in [0.1, 0.15) is 46.5 Å². The van der Waals surface area contributed by atoms with Gasteiger partial charge in [0.2, 0.25) is 5.13 Å². The number of fused-ring (bicyclic) bond motifs is 1. The maximum Gasteiger partial charge on any atom is 0.259 e. The van der Waals surface area contributed by atoms with Crippen molar-refractivity contribution in [3.8, 4) is 0 Å². The van der Waals surface area contributed by atoms with Crippen molar-refractivity contribution in [2.24, 2.45) is 0 Å². The molecule has 0 saturated heterocycles. The lowest BCUT2D eigenvalue weighted by molar-refractivity contribution is -0.124. The van der Waals surface area contributed by atoms with Gasteiger partial charge in [0.05, 0.1) is 5.69 Å². The van der Waals surface area contributed by atoms with Crippen molar-refractivity contribution in [3.05, 3.63) is 100 Å². The number of H-pyrrole nitrogens is 1. The van der Waals surface area contributed by atoms with Gasteiger partial charge < -0.3 is 10.1 Å². The zero-order chi connectivity index (χ0) is 24.7. The second kappa shape index (κ2) is 11.2. The summed E-state index contributed by atoms with van der Waals surface area (Å²) in [7, 11) is 0. The molecule has 1 atom stereocenters. The summed E-state index contributed by atoms with van der Waals surface area (Å²) >= 11 is 1.33. The van der Waals surface area contributed by atoms with Crippen LogP contribution in [0.2, 0.25) is 0 Å². The van der Waals surface area contributed by atoms with Gasteiger partial charge in [0.15, 0.2) is 11.8 Å². The average Bonchev–Trinajstić information content (AvgIpc) is 3.53. The van der Waals surface area contributed by atoms with Crippen LogP contribution >= 0.6 is 11.3 Å². The highest BCUT2D eigenvalue weighted by Gasteiger charge is 2.18. The number of hydrogen-bond donors (Lipinski definition) is 3. The molecule has 0 spiro atoms. The molecule has 0 aliphatic rings. The van der Waals surface area contributed by atoms with E-state index in [1.165, 1.54) is 16.9 Å². The number of benzene rings is 2. The number of hydrogen-bond acceptors (Lipinski definition) is 7. The fraction of sp³-hybridized carbons (Fsp3) is 0.222. The second-order valence-electron chi connectivity index (χ2n) is 8.61. The minimum atomic E-state index is -1.24. The molecule has 182 valence electrons. The number of aromatic amines is 1. The highest BCUT2D eigenvalue weighted by molar-refractivity contribution is 7.15. The summed E-state index contributed by atoms with van der Waals surface area (Å²) in [5, 5.41) is 32.1.